The van der Waals surface area contributed by atoms with Gasteiger partial charge in [0.25, 0.3) is 0 Å². The van der Waals surface area contributed by atoms with Gasteiger partial charge < -0.3 is 19.7 Å². The normalized spacial score (nSPS) is 23.0. The van der Waals surface area contributed by atoms with Crippen molar-refractivity contribution in [2.75, 3.05) is 46.5 Å². The highest BCUT2D eigenvalue weighted by Crippen LogP contribution is 2.34. The molecule has 2 aliphatic heterocycles. The quantitative estimate of drug-likeness (QED) is 0.793. The molecule has 2 aliphatic rings. The van der Waals surface area contributed by atoms with Gasteiger partial charge in [-0.25, -0.2) is 0 Å². The maximum Gasteiger partial charge on any atom is 0.231 e. The molecule has 2 heterocycles. The maximum absolute atomic E-state index is 13.3. The van der Waals surface area contributed by atoms with Crippen LogP contribution in [0.5, 0.6) is 0 Å². The Labute approximate surface area is 164 Å². The first-order valence-corrected chi connectivity index (χ1v) is 9.30. The molecule has 0 spiro atoms. The Morgan fingerprint density at radius 3 is 2.88 bits per heavy atom. The summed E-state index contributed by atoms with van der Waals surface area (Å²) in [5.41, 5.74) is 0.715. The number of benzene rings is 1. The summed E-state index contributed by atoms with van der Waals surface area (Å²) >= 11 is 3.50. The van der Waals surface area contributed by atoms with Gasteiger partial charge in [-0.1, -0.05) is 28.1 Å². The lowest BCUT2D eigenvalue weighted by atomic mass is 9.78. The van der Waals surface area contributed by atoms with Crippen LogP contribution in [0.4, 0.5) is 0 Å². The summed E-state index contributed by atoms with van der Waals surface area (Å²) in [4.78, 5) is 15.2. The lowest BCUT2D eigenvalue weighted by molar-refractivity contribution is -0.155. The minimum Gasteiger partial charge on any atom is -0.384 e. The topological polar surface area (TPSA) is 50.8 Å². The molecule has 1 atom stereocenters. The van der Waals surface area contributed by atoms with E-state index < -0.39 is 0 Å². The van der Waals surface area contributed by atoms with Crippen molar-refractivity contribution in [3.05, 3.63) is 34.3 Å². The number of morpholine rings is 1. The van der Waals surface area contributed by atoms with Crippen LogP contribution in [0.1, 0.15) is 24.5 Å². The third kappa shape index (κ3) is 4.74. The summed E-state index contributed by atoms with van der Waals surface area (Å²) in [5.74, 6) is 0.217. The van der Waals surface area contributed by atoms with Crippen LogP contribution >= 0.6 is 28.3 Å². The summed E-state index contributed by atoms with van der Waals surface area (Å²) in [6.45, 7) is 4.07. The number of ether oxygens (including phenoxy) is 2. The molecule has 140 valence electrons. The Bertz CT molecular complexity index is 576. The van der Waals surface area contributed by atoms with Crippen molar-refractivity contribution in [1.29, 1.82) is 0 Å². The van der Waals surface area contributed by atoms with Gasteiger partial charge in [-0.15, -0.1) is 12.4 Å². The molecule has 25 heavy (non-hydrogen) atoms. The van der Waals surface area contributed by atoms with E-state index in [4.69, 9.17) is 9.47 Å². The number of methoxy groups -OCH3 is 1. The predicted molar refractivity (Wildman–Crippen MR) is 103 cm³/mol. The zero-order valence-corrected chi connectivity index (χ0v) is 16.9. The van der Waals surface area contributed by atoms with Crippen molar-refractivity contribution in [2.45, 2.75) is 18.9 Å². The SMILES string of the molecule is COCC1(C(=O)N2CCOC(c3cccc(Br)c3)C2)CCNCC1.Cl. The van der Waals surface area contributed by atoms with Crippen LogP contribution in [0, 0.1) is 5.41 Å². The van der Waals surface area contributed by atoms with Crippen LogP contribution in [0.2, 0.25) is 0 Å². The molecule has 7 heteroatoms. The molecule has 0 aliphatic carbocycles. The van der Waals surface area contributed by atoms with E-state index in [1.165, 1.54) is 0 Å². The first-order chi connectivity index (χ1) is 11.6. The molecule has 1 amide bonds. The summed E-state index contributed by atoms with van der Waals surface area (Å²) in [5, 5.41) is 3.34. The van der Waals surface area contributed by atoms with Gasteiger partial charge in [-0.2, -0.15) is 0 Å². The van der Waals surface area contributed by atoms with Crippen molar-refractivity contribution in [1.82, 2.24) is 10.2 Å². The summed E-state index contributed by atoms with van der Waals surface area (Å²) in [6.07, 6.45) is 1.60. The number of nitrogens with zero attached hydrogens (tertiary/aromatic N) is 1. The summed E-state index contributed by atoms with van der Waals surface area (Å²) < 4.78 is 12.4. The van der Waals surface area contributed by atoms with Crippen molar-refractivity contribution >= 4 is 34.2 Å². The fourth-order valence-corrected chi connectivity index (χ4v) is 4.10. The molecular formula is C18H26BrClN2O3. The zero-order valence-electron chi connectivity index (χ0n) is 14.5. The number of piperidine rings is 1. The van der Waals surface area contributed by atoms with Gasteiger partial charge in [-0.3, -0.25) is 4.79 Å². The van der Waals surface area contributed by atoms with E-state index in [1.54, 1.807) is 7.11 Å². The molecule has 1 unspecified atom stereocenters. The minimum absolute atomic E-state index is 0. The minimum atomic E-state index is -0.390. The van der Waals surface area contributed by atoms with Gasteiger partial charge in [0.2, 0.25) is 5.91 Å². The van der Waals surface area contributed by atoms with E-state index in [2.05, 4.69) is 33.4 Å². The maximum atomic E-state index is 13.3. The van der Waals surface area contributed by atoms with Crippen LogP contribution in [0.25, 0.3) is 0 Å². The fourth-order valence-electron chi connectivity index (χ4n) is 3.68. The van der Waals surface area contributed by atoms with E-state index >= 15 is 0 Å². The fraction of sp³-hybridized carbons (Fsp3) is 0.611. The second-order valence-corrected chi connectivity index (χ2v) is 7.54. The number of hydrogen-bond acceptors (Lipinski definition) is 4. The Kier molecular flexibility index (Phi) is 7.70. The van der Waals surface area contributed by atoms with Gasteiger partial charge >= 0.3 is 0 Å². The molecule has 0 aromatic heterocycles. The monoisotopic (exact) mass is 432 g/mol. The van der Waals surface area contributed by atoms with Crippen molar-refractivity contribution in [2.24, 2.45) is 5.41 Å². The van der Waals surface area contributed by atoms with Crippen LogP contribution in [0.3, 0.4) is 0 Å². The number of carbonyl (C=O) groups is 1. The highest BCUT2D eigenvalue weighted by molar-refractivity contribution is 9.10. The van der Waals surface area contributed by atoms with Gasteiger partial charge in [0.1, 0.15) is 6.10 Å². The first kappa shape index (κ1) is 20.6. The van der Waals surface area contributed by atoms with Gasteiger partial charge in [0.15, 0.2) is 0 Å². The molecule has 1 aromatic rings. The standard InChI is InChI=1S/C18H25BrN2O3.ClH/c1-23-13-18(5-7-20-8-6-18)17(22)21-9-10-24-16(12-21)14-3-2-4-15(19)11-14;/h2-4,11,16,20H,5-10,12-13H2,1H3;1H. The zero-order chi connectivity index (χ0) is 17.0. The van der Waals surface area contributed by atoms with Crippen molar-refractivity contribution in [3.63, 3.8) is 0 Å². The molecule has 1 N–H and O–H groups in total. The molecular weight excluding hydrogens is 408 g/mol. The second kappa shape index (κ2) is 9.33. The van der Waals surface area contributed by atoms with Crippen LogP contribution in [-0.2, 0) is 14.3 Å². The van der Waals surface area contributed by atoms with E-state index in [0.29, 0.717) is 26.3 Å². The average molecular weight is 434 g/mol. The molecule has 2 fully saturated rings. The average Bonchev–Trinajstić information content (AvgIpc) is 2.62. The van der Waals surface area contributed by atoms with Crippen LogP contribution < -0.4 is 5.32 Å². The van der Waals surface area contributed by atoms with Crippen LogP contribution in [-0.4, -0.2) is 57.3 Å². The van der Waals surface area contributed by atoms with E-state index in [-0.39, 0.29) is 29.8 Å². The van der Waals surface area contributed by atoms with Crippen molar-refractivity contribution < 1.29 is 14.3 Å². The van der Waals surface area contributed by atoms with E-state index in [9.17, 15) is 4.79 Å². The lowest BCUT2D eigenvalue weighted by Gasteiger charge is -2.42. The Balaban J connectivity index is 0.00000225. The van der Waals surface area contributed by atoms with Gasteiger partial charge in [0, 0.05) is 18.1 Å². The Morgan fingerprint density at radius 1 is 1.44 bits per heavy atom. The van der Waals surface area contributed by atoms with Crippen LogP contribution in [0.15, 0.2) is 28.7 Å². The highest BCUT2D eigenvalue weighted by atomic mass is 79.9. The third-order valence-electron chi connectivity index (χ3n) is 5.01. The Hall–Kier alpha value is -0.660. The molecule has 5 nitrogen and oxygen atoms in total. The van der Waals surface area contributed by atoms with Gasteiger partial charge in [0.05, 0.1) is 25.2 Å². The van der Waals surface area contributed by atoms with Crippen molar-refractivity contribution in [3.8, 4) is 0 Å². The number of nitrogens with one attached hydrogen (secondary N) is 1. The molecule has 0 bridgehead atoms. The lowest BCUT2D eigenvalue weighted by Crippen LogP contribution is -2.54. The van der Waals surface area contributed by atoms with E-state index in [1.807, 2.05) is 17.0 Å². The number of rotatable bonds is 4. The summed E-state index contributed by atoms with van der Waals surface area (Å²) in [6, 6.07) is 8.12. The second-order valence-electron chi connectivity index (χ2n) is 6.63. The number of hydrogen-bond donors (Lipinski definition) is 1. The van der Waals surface area contributed by atoms with E-state index in [0.717, 1.165) is 36.0 Å². The third-order valence-corrected chi connectivity index (χ3v) is 5.50. The molecule has 0 radical (unpaired) electrons. The molecule has 1 aromatic carbocycles. The molecule has 2 saturated heterocycles. The molecule has 0 saturated carbocycles. The first-order valence-electron chi connectivity index (χ1n) is 8.51. The Morgan fingerprint density at radius 2 is 2.20 bits per heavy atom. The van der Waals surface area contributed by atoms with Gasteiger partial charge in [-0.05, 0) is 43.6 Å². The number of carbonyl (C=O) groups excluding carboxylic acids is 1. The predicted octanol–water partition coefficient (Wildman–Crippen LogP) is 2.79. The number of amides is 1. The smallest absolute Gasteiger partial charge is 0.231 e. The summed E-state index contributed by atoms with van der Waals surface area (Å²) in [7, 11) is 1.68. The largest absolute Gasteiger partial charge is 0.384 e. The molecule has 3 rings (SSSR count). The highest BCUT2D eigenvalue weighted by Gasteiger charge is 2.43. The number of halogens is 2.